The first kappa shape index (κ1) is 13.8. The van der Waals surface area contributed by atoms with Crippen molar-refractivity contribution in [2.75, 3.05) is 0 Å². The van der Waals surface area contributed by atoms with Crippen molar-refractivity contribution in [2.24, 2.45) is 5.92 Å². The number of hydrogen-bond acceptors (Lipinski definition) is 1. The highest BCUT2D eigenvalue weighted by molar-refractivity contribution is 5.79. The van der Waals surface area contributed by atoms with Gasteiger partial charge in [-0.1, -0.05) is 37.6 Å². The lowest BCUT2D eigenvalue weighted by molar-refractivity contribution is -0.121. The van der Waals surface area contributed by atoms with Gasteiger partial charge in [0.2, 0.25) is 5.91 Å². The molecule has 0 fully saturated rings. The molecule has 2 heteroatoms. The first-order valence-corrected chi connectivity index (χ1v) is 6.25. The van der Waals surface area contributed by atoms with E-state index in [1.54, 1.807) is 0 Å². The van der Waals surface area contributed by atoms with Gasteiger partial charge in [0.1, 0.15) is 0 Å². The Morgan fingerprint density at radius 2 is 1.88 bits per heavy atom. The lowest BCUT2D eigenvalue weighted by Gasteiger charge is -2.17. The maximum atomic E-state index is 11.9. The Labute approximate surface area is 104 Å². The van der Waals surface area contributed by atoms with E-state index in [9.17, 15) is 4.79 Å². The van der Waals surface area contributed by atoms with Crippen LogP contribution in [-0.4, -0.2) is 11.9 Å². The smallest absolute Gasteiger partial charge is 0.224 e. The van der Waals surface area contributed by atoms with Crippen LogP contribution in [0.1, 0.15) is 37.5 Å². The van der Waals surface area contributed by atoms with Gasteiger partial charge in [0.25, 0.3) is 0 Å². The van der Waals surface area contributed by atoms with Crippen LogP contribution in [-0.2, 0) is 11.2 Å². The molecule has 1 rings (SSSR count). The second-order valence-electron chi connectivity index (χ2n) is 5.21. The van der Waals surface area contributed by atoms with Crippen LogP contribution in [0.25, 0.3) is 0 Å². The van der Waals surface area contributed by atoms with Crippen LogP contribution >= 0.6 is 0 Å². The van der Waals surface area contributed by atoms with Gasteiger partial charge < -0.3 is 5.32 Å². The monoisotopic (exact) mass is 233 g/mol. The molecule has 1 amide bonds. The molecule has 0 radical (unpaired) electrons. The van der Waals surface area contributed by atoms with Crippen molar-refractivity contribution in [1.82, 2.24) is 5.32 Å². The van der Waals surface area contributed by atoms with Gasteiger partial charge in [0.05, 0.1) is 6.42 Å². The van der Waals surface area contributed by atoms with E-state index in [4.69, 9.17) is 0 Å². The highest BCUT2D eigenvalue weighted by atomic mass is 16.1. The normalized spacial score (nSPS) is 12.6. The van der Waals surface area contributed by atoms with E-state index < -0.39 is 0 Å². The molecule has 94 valence electrons. The van der Waals surface area contributed by atoms with Crippen LogP contribution in [0, 0.1) is 19.8 Å². The number of hydrogen-bond donors (Lipinski definition) is 1. The average molecular weight is 233 g/mol. The summed E-state index contributed by atoms with van der Waals surface area (Å²) in [6, 6.07) is 6.47. The molecule has 1 atom stereocenters. The third-order valence-electron chi connectivity index (χ3n) is 3.24. The summed E-state index contributed by atoms with van der Waals surface area (Å²) in [4.78, 5) is 11.9. The molecule has 1 aromatic rings. The molecule has 0 unspecified atom stereocenters. The fourth-order valence-corrected chi connectivity index (χ4v) is 1.64. The first-order valence-electron chi connectivity index (χ1n) is 6.25. The Balaban J connectivity index is 2.65. The molecule has 0 bridgehead atoms. The minimum atomic E-state index is 0.111. The molecule has 0 aliphatic carbocycles. The number of rotatable bonds is 4. The van der Waals surface area contributed by atoms with Crippen LogP contribution in [0.2, 0.25) is 0 Å². The highest BCUT2D eigenvalue weighted by Gasteiger charge is 2.12. The van der Waals surface area contributed by atoms with Crippen molar-refractivity contribution in [3.8, 4) is 0 Å². The minimum absolute atomic E-state index is 0.111. The first-order chi connectivity index (χ1) is 7.90. The predicted octanol–water partition coefficient (Wildman–Crippen LogP) is 3.01. The fourth-order valence-electron chi connectivity index (χ4n) is 1.64. The zero-order valence-corrected chi connectivity index (χ0v) is 11.5. The number of aryl methyl sites for hydroxylation is 2. The van der Waals surface area contributed by atoms with E-state index in [1.165, 1.54) is 11.1 Å². The summed E-state index contributed by atoms with van der Waals surface area (Å²) in [7, 11) is 0. The fraction of sp³-hybridized carbons (Fsp3) is 0.533. The molecule has 0 saturated carbocycles. The second-order valence-corrected chi connectivity index (χ2v) is 5.21. The largest absolute Gasteiger partial charge is 0.353 e. The topological polar surface area (TPSA) is 29.1 Å². The lowest BCUT2D eigenvalue weighted by Crippen LogP contribution is -2.37. The van der Waals surface area contributed by atoms with E-state index >= 15 is 0 Å². The van der Waals surface area contributed by atoms with Crippen LogP contribution in [0.3, 0.4) is 0 Å². The zero-order valence-electron chi connectivity index (χ0n) is 11.5. The van der Waals surface area contributed by atoms with Gasteiger partial charge in [0.15, 0.2) is 0 Å². The molecule has 1 aromatic carbocycles. The maximum Gasteiger partial charge on any atom is 0.224 e. The van der Waals surface area contributed by atoms with Crippen LogP contribution < -0.4 is 5.32 Å². The van der Waals surface area contributed by atoms with Crippen LogP contribution in [0.4, 0.5) is 0 Å². The van der Waals surface area contributed by atoms with Gasteiger partial charge >= 0.3 is 0 Å². The molecule has 0 aliphatic heterocycles. The van der Waals surface area contributed by atoms with E-state index in [0.29, 0.717) is 12.3 Å². The molecular formula is C15H23NO. The molecule has 17 heavy (non-hydrogen) atoms. The molecule has 0 aliphatic rings. The standard InChI is InChI=1S/C15H23NO/c1-10(2)13(5)16-15(17)9-14-8-11(3)6-7-12(14)4/h6-8,10,13H,9H2,1-5H3,(H,16,17)/t13-/m1/s1. The molecule has 0 saturated heterocycles. The number of amides is 1. The molecular weight excluding hydrogens is 210 g/mol. The number of carbonyl (C=O) groups excluding carboxylic acids is 1. The van der Waals surface area contributed by atoms with Gasteiger partial charge in [-0.15, -0.1) is 0 Å². The molecule has 0 heterocycles. The predicted molar refractivity (Wildman–Crippen MR) is 72.1 cm³/mol. The van der Waals surface area contributed by atoms with Gasteiger partial charge in [0, 0.05) is 6.04 Å². The van der Waals surface area contributed by atoms with Gasteiger partial charge in [-0.05, 0) is 37.8 Å². The Hall–Kier alpha value is -1.31. The van der Waals surface area contributed by atoms with Crippen molar-refractivity contribution < 1.29 is 4.79 Å². The summed E-state index contributed by atoms with van der Waals surface area (Å²) in [5.74, 6) is 0.581. The SMILES string of the molecule is Cc1ccc(C)c(CC(=O)N[C@H](C)C(C)C)c1. The number of benzene rings is 1. The molecule has 1 N–H and O–H groups in total. The summed E-state index contributed by atoms with van der Waals surface area (Å²) >= 11 is 0. The van der Waals surface area contributed by atoms with E-state index in [0.717, 1.165) is 5.56 Å². The average Bonchev–Trinajstić information content (AvgIpc) is 2.23. The number of carbonyl (C=O) groups is 1. The second kappa shape index (κ2) is 5.85. The Morgan fingerprint density at radius 1 is 1.24 bits per heavy atom. The van der Waals surface area contributed by atoms with E-state index in [2.05, 4.69) is 44.3 Å². The van der Waals surface area contributed by atoms with Crippen LogP contribution in [0.15, 0.2) is 18.2 Å². The third kappa shape index (κ3) is 4.22. The van der Waals surface area contributed by atoms with Crippen molar-refractivity contribution in [2.45, 2.75) is 47.1 Å². The molecule has 0 spiro atoms. The van der Waals surface area contributed by atoms with E-state index in [1.807, 2.05) is 13.8 Å². The van der Waals surface area contributed by atoms with Crippen molar-refractivity contribution in [3.63, 3.8) is 0 Å². The summed E-state index contributed by atoms with van der Waals surface area (Å²) in [5.41, 5.74) is 3.51. The Kier molecular flexibility index (Phi) is 4.73. The van der Waals surface area contributed by atoms with Crippen molar-refractivity contribution in [3.05, 3.63) is 34.9 Å². The van der Waals surface area contributed by atoms with Gasteiger partial charge in [-0.3, -0.25) is 4.79 Å². The van der Waals surface area contributed by atoms with Gasteiger partial charge in [-0.25, -0.2) is 0 Å². The quantitative estimate of drug-likeness (QED) is 0.851. The summed E-state index contributed by atoms with van der Waals surface area (Å²) in [5, 5.41) is 3.04. The van der Waals surface area contributed by atoms with Crippen molar-refractivity contribution >= 4 is 5.91 Å². The zero-order chi connectivity index (χ0) is 13.0. The molecule has 2 nitrogen and oxygen atoms in total. The lowest BCUT2D eigenvalue weighted by atomic mass is 10.0. The highest BCUT2D eigenvalue weighted by Crippen LogP contribution is 2.11. The maximum absolute atomic E-state index is 11.9. The Bertz CT molecular complexity index is 396. The summed E-state index contributed by atoms with van der Waals surface area (Å²) in [6.45, 7) is 10.4. The molecule has 0 aromatic heterocycles. The van der Waals surface area contributed by atoms with Crippen LogP contribution in [0.5, 0.6) is 0 Å². The Morgan fingerprint density at radius 3 is 2.47 bits per heavy atom. The minimum Gasteiger partial charge on any atom is -0.353 e. The summed E-state index contributed by atoms with van der Waals surface area (Å²) < 4.78 is 0. The third-order valence-corrected chi connectivity index (χ3v) is 3.24. The van der Waals surface area contributed by atoms with Gasteiger partial charge in [-0.2, -0.15) is 0 Å². The van der Waals surface area contributed by atoms with E-state index in [-0.39, 0.29) is 11.9 Å². The summed E-state index contributed by atoms with van der Waals surface area (Å²) in [6.07, 6.45) is 0.477. The van der Waals surface area contributed by atoms with Crippen molar-refractivity contribution in [1.29, 1.82) is 0 Å². The number of nitrogens with one attached hydrogen (secondary N) is 1.